The summed E-state index contributed by atoms with van der Waals surface area (Å²) in [5, 5.41) is 3.39. The zero-order chi connectivity index (χ0) is 8.65. The molecule has 0 bridgehead atoms. The van der Waals surface area contributed by atoms with Crippen LogP contribution in [0.4, 0.5) is 4.39 Å². The summed E-state index contributed by atoms with van der Waals surface area (Å²) >= 11 is 0. The maximum absolute atomic E-state index is 11.5. The molecule has 0 aromatic heterocycles. The first-order valence-electron chi connectivity index (χ1n) is 3.67. The first kappa shape index (κ1) is 8.71. The summed E-state index contributed by atoms with van der Waals surface area (Å²) in [7, 11) is 0. The third kappa shape index (κ3) is 3.14. The molecule has 0 N–H and O–H groups in total. The van der Waals surface area contributed by atoms with E-state index in [1.54, 1.807) is 0 Å². The minimum absolute atomic E-state index is 0.386. The minimum atomic E-state index is -0.589. The quantitative estimate of drug-likeness (QED) is 0.497. The highest BCUT2D eigenvalue weighted by Gasteiger charge is 1.87. The lowest BCUT2D eigenvalue weighted by Gasteiger charge is -1.97. The Hall–Kier alpha value is -1.38. The van der Waals surface area contributed by atoms with Crippen LogP contribution in [0.2, 0.25) is 0 Å². The number of halogens is 1. The molecule has 0 aliphatic rings. The van der Waals surface area contributed by atoms with E-state index in [-0.39, 0.29) is 0 Å². The van der Waals surface area contributed by atoms with Gasteiger partial charge in [0.2, 0.25) is 0 Å². The Morgan fingerprint density at radius 2 is 2.08 bits per heavy atom. The Labute approximate surface area is 70.7 Å². The van der Waals surface area contributed by atoms with Crippen LogP contribution in [0.15, 0.2) is 35.5 Å². The highest BCUT2D eigenvalue weighted by atomic mass is 19.1. The Morgan fingerprint density at radius 3 is 2.75 bits per heavy atom. The van der Waals surface area contributed by atoms with Crippen LogP contribution in [0.25, 0.3) is 0 Å². The molecule has 0 saturated carbocycles. The Kier molecular flexibility index (Phi) is 3.84. The Balaban J connectivity index is 2.29. The Bertz CT molecular complexity index is 236. The largest absolute Gasteiger partial charge is 0.391 e. The number of alkyl halides is 1. The van der Waals surface area contributed by atoms with Gasteiger partial charge in [-0.3, -0.25) is 0 Å². The molecule has 0 saturated heterocycles. The maximum Gasteiger partial charge on any atom is 0.142 e. The lowest BCUT2D eigenvalue weighted by Crippen LogP contribution is -1.86. The molecule has 0 amide bonds. The summed E-state index contributed by atoms with van der Waals surface area (Å²) in [6.45, 7) is -0.202. The highest BCUT2D eigenvalue weighted by Crippen LogP contribution is 1.99. The van der Waals surface area contributed by atoms with Crippen molar-refractivity contribution in [2.75, 3.05) is 6.67 Å². The summed E-state index contributed by atoms with van der Waals surface area (Å²) < 4.78 is 11.5. The average Bonchev–Trinajstić information content (AvgIpc) is 2.14. The molecule has 3 heteroatoms. The van der Waals surface area contributed by atoms with Crippen LogP contribution < -0.4 is 0 Å². The van der Waals surface area contributed by atoms with Crippen molar-refractivity contribution in [3.05, 3.63) is 35.9 Å². The fraction of sp³-hybridized carbons (Fsp3) is 0.222. The normalized spacial score (nSPS) is 10.4. The monoisotopic (exact) mass is 167 g/mol. The van der Waals surface area contributed by atoms with E-state index in [4.69, 9.17) is 4.84 Å². The maximum atomic E-state index is 11.5. The van der Waals surface area contributed by atoms with E-state index in [1.165, 1.54) is 0 Å². The van der Waals surface area contributed by atoms with Crippen molar-refractivity contribution in [2.45, 2.75) is 6.61 Å². The van der Waals surface area contributed by atoms with Gasteiger partial charge in [0.25, 0.3) is 0 Å². The second-order valence-electron chi connectivity index (χ2n) is 2.20. The predicted molar refractivity (Wildman–Crippen MR) is 45.7 cm³/mol. The van der Waals surface area contributed by atoms with Crippen molar-refractivity contribution in [3.63, 3.8) is 0 Å². The molecule has 2 nitrogen and oxygen atoms in total. The number of hydrogen-bond donors (Lipinski definition) is 0. The molecule has 0 spiro atoms. The van der Waals surface area contributed by atoms with Gasteiger partial charge in [-0.2, -0.15) is 0 Å². The molecule has 0 heterocycles. The van der Waals surface area contributed by atoms with E-state index in [0.29, 0.717) is 6.61 Å². The van der Waals surface area contributed by atoms with Crippen LogP contribution >= 0.6 is 0 Å². The summed E-state index contributed by atoms with van der Waals surface area (Å²) in [5.41, 5.74) is 1.02. The van der Waals surface area contributed by atoms with Crippen molar-refractivity contribution >= 4 is 6.21 Å². The third-order valence-electron chi connectivity index (χ3n) is 1.29. The van der Waals surface area contributed by atoms with Gasteiger partial charge in [-0.05, 0) is 5.56 Å². The zero-order valence-electron chi connectivity index (χ0n) is 6.61. The standard InChI is InChI=1S/C9H10FNO/c10-6-7-11-12-8-9-4-2-1-3-5-9/h1-5,7H,6,8H2/b11-7+. The van der Waals surface area contributed by atoms with Crippen molar-refractivity contribution in [3.8, 4) is 0 Å². The smallest absolute Gasteiger partial charge is 0.142 e. The number of rotatable bonds is 4. The van der Waals surface area contributed by atoms with Crippen LogP contribution in [0.1, 0.15) is 5.56 Å². The van der Waals surface area contributed by atoms with Crippen LogP contribution in [-0.4, -0.2) is 12.9 Å². The molecular weight excluding hydrogens is 157 g/mol. The lowest BCUT2D eigenvalue weighted by atomic mass is 10.2. The Morgan fingerprint density at radius 1 is 1.33 bits per heavy atom. The van der Waals surface area contributed by atoms with Crippen LogP contribution in [0.5, 0.6) is 0 Å². The van der Waals surface area contributed by atoms with Crippen molar-refractivity contribution in [1.29, 1.82) is 0 Å². The second-order valence-corrected chi connectivity index (χ2v) is 2.20. The van der Waals surface area contributed by atoms with E-state index < -0.39 is 6.67 Å². The molecule has 0 aliphatic carbocycles. The molecule has 0 aliphatic heterocycles. The number of benzene rings is 1. The van der Waals surface area contributed by atoms with Gasteiger partial charge in [-0.25, -0.2) is 4.39 Å². The van der Waals surface area contributed by atoms with Gasteiger partial charge >= 0.3 is 0 Å². The summed E-state index contributed by atoms with van der Waals surface area (Å²) in [6, 6.07) is 9.60. The van der Waals surface area contributed by atoms with Gasteiger partial charge in [-0.1, -0.05) is 35.5 Å². The molecule has 1 aromatic carbocycles. The number of hydrogen-bond acceptors (Lipinski definition) is 2. The molecule has 0 unspecified atom stereocenters. The van der Waals surface area contributed by atoms with E-state index in [1.807, 2.05) is 30.3 Å². The van der Waals surface area contributed by atoms with Gasteiger partial charge in [0.15, 0.2) is 0 Å². The third-order valence-corrected chi connectivity index (χ3v) is 1.29. The molecular formula is C9H10FNO. The SMILES string of the molecule is FC/C=N/OCc1ccccc1. The zero-order valence-corrected chi connectivity index (χ0v) is 6.61. The summed E-state index contributed by atoms with van der Waals surface area (Å²) in [4.78, 5) is 4.79. The number of nitrogens with zero attached hydrogens (tertiary/aromatic N) is 1. The first-order valence-corrected chi connectivity index (χ1v) is 3.67. The second kappa shape index (κ2) is 5.29. The van der Waals surface area contributed by atoms with Gasteiger partial charge in [0, 0.05) is 0 Å². The van der Waals surface area contributed by atoms with E-state index >= 15 is 0 Å². The predicted octanol–water partition coefficient (Wildman–Crippen LogP) is 2.16. The van der Waals surface area contributed by atoms with Crippen molar-refractivity contribution in [2.24, 2.45) is 5.16 Å². The summed E-state index contributed by atoms with van der Waals surface area (Å²) in [5.74, 6) is 0. The van der Waals surface area contributed by atoms with Crippen LogP contribution in [0, 0.1) is 0 Å². The average molecular weight is 167 g/mol. The number of oxime groups is 1. The molecule has 64 valence electrons. The molecule has 0 radical (unpaired) electrons. The lowest BCUT2D eigenvalue weighted by molar-refractivity contribution is 0.131. The van der Waals surface area contributed by atoms with Gasteiger partial charge in [-0.15, -0.1) is 0 Å². The molecule has 0 fully saturated rings. The van der Waals surface area contributed by atoms with Crippen molar-refractivity contribution in [1.82, 2.24) is 0 Å². The van der Waals surface area contributed by atoms with Crippen molar-refractivity contribution < 1.29 is 9.23 Å². The van der Waals surface area contributed by atoms with Gasteiger partial charge in [0.1, 0.15) is 13.3 Å². The van der Waals surface area contributed by atoms with E-state index in [0.717, 1.165) is 11.8 Å². The van der Waals surface area contributed by atoms with Crippen LogP contribution in [0.3, 0.4) is 0 Å². The van der Waals surface area contributed by atoms with Gasteiger partial charge in [0.05, 0.1) is 6.21 Å². The highest BCUT2D eigenvalue weighted by molar-refractivity contribution is 5.57. The molecule has 1 rings (SSSR count). The topological polar surface area (TPSA) is 21.6 Å². The molecule has 1 aromatic rings. The first-order chi connectivity index (χ1) is 5.93. The minimum Gasteiger partial charge on any atom is -0.391 e. The summed E-state index contributed by atoms with van der Waals surface area (Å²) in [6.07, 6.45) is 1.09. The van der Waals surface area contributed by atoms with Gasteiger partial charge < -0.3 is 4.84 Å². The fourth-order valence-corrected chi connectivity index (χ4v) is 0.767. The molecule has 12 heavy (non-hydrogen) atoms. The van der Waals surface area contributed by atoms with E-state index in [2.05, 4.69) is 5.16 Å². The fourth-order valence-electron chi connectivity index (χ4n) is 0.767. The van der Waals surface area contributed by atoms with Crippen LogP contribution in [-0.2, 0) is 11.4 Å². The van der Waals surface area contributed by atoms with E-state index in [9.17, 15) is 4.39 Å². The molecule has 0 atom stereocenters.